The number of hydrogen-bond donors (Lipinski definition) is 1. The Kier molecular flexibility index (Phi) is 7.43. The van der Waals surface area contributed by atoms with Gasteiger partial charge in [-0.2, -0.15) is 0 Å². The molecule has 1 aromatic carbocycles. The number of likely N-dealkylation sites (tertiary alicyclic amines) is 1. The largest absolute Gasteiger partial charge is 0.378 e. The monoisotopic (exact) mass is 382 g/mol. The van der Waals surface area contributed by atoms with Crippen LogP contribution in [0.2, 0.25) is 0 Å². The fraction of sp³-hybridized carbons (Fsp3) is 0.611. The van der Waals surface area contributed by atoms with E-state index in [2.05, 4.69) is 15.2 Å². The lowest BCUT2D eigenvalue weighted by atomic mass is 10.1. The Morgan fingerprint density at radius 1 is 1.27 bits per heavy atom. The first-order chi connectivity index (χ1) is 12.4. The molecule has 0 amide bonds. The Labute approximate surface area is 157 Å². The Morgan fingerprint density at radius 2 is 1.88 bits per heavy atom. The van der Waals surface area contributed by atoms with Crippen molar-refractivity contribution in [1.29, 1.82) is 0 Å². The van der Waals surface area contributed by atoms with Crippen molar-refractivity contribution in [3.05, 3.63) is 29.8 Å². The first-order valence-corrected chi connectivity index (χ1v) is 10.4. The molecule has 1 saturated heterocycles. The van der Waals surface area contributed by atoms with Gasteiger partial charge in [0.05, 0.1) is 11.0 Å². The zero-order chi connectivity index (χ0) is 19.2. The maximum Gasteiger partial charge on any atom is 0.242 e. The molecule has 1 N–H and O–H groups in total. The zero-order valence-corrected chi connectivity index (χ0v) is 16.9. The fourth-order valence-corrected chi connectivity index (χ4v) is 3.88. The van der Waals surface area contributed by atoms with Crippen LogP contribution in [0.1, 0.15) is 25.3 Å². The number of nitrogens with zero attached hydrogens (tertiary/aromatic N) is 3. The van der Waals surface area contributed by atoms with Gasteiger partial charge in [0.15, 0.2) is 5.96 Å². The van der Waals surface area contributed by atoms with Gasteiger partial charge in [-0.25, -0.2) is 12.7 Å². The number of hydrogen-bond acceptors (Lipinski definition) is 4. The number of rotatable bonds is 6. The fourth-order valence-electron chi connectivity index (χ4n) is 2.97. The first-order valence-electron chi connectivity index (χ1n) is 8.97. The number of benzene rings is 1. The highest BCUT2D eigenvalue weighted by molar-refractivity contribution is 7.89. The molecule has 0 saturated carbocycles. The normalized spacial score (nSPS) is 17.0. The van der Waals surface area contributed by atoms with E-state index >= 15 is 0 Å². The molecule has 2 rings (SSSR count). The smallest absolute Gasteiger partial charge is 0.242 e. The van der Waals surface area contributed by atoms with Gasteiger partial charge < -0.3 is 15.0 Å². The highest BCUT2D eigenvalue weighted by Gasteiger charge is 2.21. The summed E-state index contributed by atoms with van der Waals surface area (Å²) in [5, 5.41) is 3.36. The van der Waals surface area contributed by atoms with Gasteiger partial charge in [-0.15, -0.1) is 0 Å². The maximum atomic E-state index is 12.1. The Morgan fingerprint density at radius 3 is 2.38 bits per heavy atom. The summed E-state index contributed by atoms with van der Waals surface area (Å²) in [7, 11) is 1.46. The van der Waals surface area contributed by atoms with Crippen LogP contribution >= 0.6 is 0 Å². The molecular formula is C18H30N4O3S. The van der Waals surface area contributed by atoms with Gasteiger partial charge in [0.25, 0.3) is 0 Å². The number of piperidine rings is 1. The van der Waals surface area contributed by atoms with Gasteiger partial charge in [0.2, 0.25) is 10.0 Å². The molecule has 1 aromatic rings. The lowest BCUT2D eigenvalue weighted by Gasteiger charge is -2.34. The third-order valence-electron chi connectivity index (χ3n) is 4.51. The van der Waals surface area contributed by atoms with Crippen molar-refractivity contribution in [2.24, 2.45) is 4.99 Å². The standard InChI is InChI=1S/C18H30N4O3S/c1-5-25-16-10-12-22(13-11-16)18(19-2)20-14-15-6-8-17(9-7-15)26(23,24)21(3)4/h6-9,16H,5,10-14H2,1-4H3,(H,19,20). The molecule has 0 unspecified atom stereocenters. The molecule has 1 heterocycles. The number of ether oxygens (including phenoxy) is 1. The molecule has 0 aliphatic carbocycles. The van der Waals surface area contributed by atoms with E-state index in [0.29, 0.717) is 17.5 Å². The molecule has 0 aromatic heterocycles. The van der Waals surface area contributed by atoms with E-state index in [9.17, 15) is 8.42 Å². The number of aliphatic imine (C=N–C) groups is 1. The number of nitrogens with one attached hydrogen (secondary N) is 1. The highest BCUT2D eigenvalue weighted by atomic mass is 32.2. The quantitative estimate of drug-likeness (QED) is 0.596. The average Bonchev–Trinajstić information content (AvgIpc) is 2.64. The molecule has 26 heavy (non-hydrogen) atoms. The Balaban J connectivity index is 1.91. The molecule has 8 heteroatoms. The third-order valence-corrected chi connectivity index (χ3v) is 6.34. The van der Waals surface area contributed by atoms with Crippen LogP contribution in [0.25, 0.3) is 0 Å². The minimum Gasteiger partial charge on any atom is -0.378 e. The van der Waals surface area contributed by atoms with Crippen LogP contribution < -0.4 is 5.32 Å². The molecule has 0 spiro atoms. The molecule has 0 radical (unpaired) electrons. The molecule has 0 bridgehead atoms. The third kappa shape index (κ3) is 5.18. The van der Waals surface area contributed by atoms with Crippen LogP contribution in [0.5, 0.6) is 0 Å². The minimum atomic E-state index is -3.39. The predicted octanol–water partition coefficient (Wildman–Crippen LogP) is 1.51. The van der Waals surface area contributed by atoms with Gasteiger partial charge in [-0.05, 0) is 37.5 Å². The number of sulfonamides is 1. The van der Waals surface area contributed by atoms with Gasteiger partial charge in [-0.3, -0.25) is 4.99 Å². The molecule has 7 nitrogen and oxygen atoms in total. The minimum absolute atomic E-state index is 0.300. The first kappa shape index (κ1) is 20.7. The van der Waals surface area contributed by atoms with Crippen molar-refractivity contribution in [1.82, 2.24) is 14.5 Å². The Bertz CT molecular complexity index is 694. The van der Waals surface area contributed by atoms with Crippen molar-refractivity contribution < 1.29 is 13.2 Å². The SMILES string of the molecule is CCOC1CCN(C(=NC)NCc2ccc(S(=O)(=O)N(C)C)cc2)CC1. The number of guanidine groups is 1. The van der Waals surface area contributed by atoms with Crippen LogP contribution in [0, 0.1) is 0 Å². The second-order valence-corrected chi connectivity index (χ2v) is 8.63. The summed E-state index contributed by atoms with van der Waals surface area (Å²) >= 11 is 0. The Hall–Kier alpha value is -1.64. The molecule has 146 valence electrons. The van der Waals surface area contributed by atoms with Crippen LogP contribution in [0.15, 0.2) is 34.2 Å². The summed E-state index contributed by atoms with van der Waals surface area (Å²) in [5.41, 5.74) is 1.01. The van der Waals surface area contributed by atoms with Gasteiger partial charge in [-0.1, -0.05) is 12.1 Å². The van der Waals surface area contributed by atoms with Crippen LogP contribution in [0.4, 0.5) is 0 Å². The lowest BCUT2D eigenvalue weighted by Crippen LogP contribution is -2.46. The van der Waals surface area contributed by atoms with Crippen molar-refractivity contribution in [2.75, 3.05) is 40.8 Å². The van der Waals surface area contributed by atoms with E-state index in [0.717, 1.165) is 44.1 Å². The predicted molar refractivity (Wildman–Crippen MR) is 104 cm³/mol. The molecule has 1 fully saturated rings. The van der Waals surface area contributed by atoms with E-state index in [1.54, 1.807) is 19.2 Å². The maximum absolute atomic E-state index is 12.1. The van der Waals surface area contributed by atoms with Crippen molar-refractivity contribution in [2.45, 2.75) is 37.3 Å². The summed E-state index contributed by atoms with van der Waals surface area (Å²) in [5.74, 6) is 0.866. The van der Waals surface area contributed by atoms with E-state index in [4.69, 9.17) is 4.74 Å². The van der Waals surface area contributed by atoms with Gasteiger partial charge in [0, 0.05) is 47.4 Å². The van der Waals surface area contributed by atoms with Gasteiger partial charge >= 0.3 is 0 Å². The van der Waals surface area contributed by atoms with Crippen LogP contribution in [-0.2, 0) is 21.3 Å². The van der Waals surface area contributed by atoms with E-state index in [1.807, 2.05) is 19.1 Å². The zero-order valence-electron chi connectivity index (χ0n) is 16.1. The average molecular weight is 383 g/mol. The summed E-state index contributed by atoms with van der Waals surface area (Å²) in [6.45, 7) is 5.23. The van der Waals surface area contributed by atoms with E-state index < -0.39 is 10.0 Å². The lowest BCUT2D eigenvalue weighted by molar-refractivity contribution is 0.0263. The van der Waals surface area contributed by atoms with Crippen LogP contribution in [0.3, 0.4) is 0 Å². The van der Waals surface area contributed by atoms with Crippen molar-refractivity contribution in [3.8, 4) is 0 Å². The molecule has 1 aliphatic heterocycles. The second kappa shape index (κ2) is 9.34. The van der Waals surface area contributed by atoms with E-state index in [-0.39, 0.29) is 0 Å². The molecular weight excluding hydrogens is 352 g/mol. The summed E-state index contributed by atoms with van der Waals surface area (Å²) < 4.78 is 31.1. The molecule has 0 atom stereocenters. The van der Waals surface area contributed by atoms with Crippen LogP contribution in [-0.4, -0.2) is 70.5 Å². The topological polar surface area (TPSA) is 74.2 Å². The summed E-state index contributed by atoms with van der Waals surface area (Å²) in [6.07, 6.45) is 2.36. The second-order valence-electron chi connectivity index (χ2n) is 6.47. The van der Waals surface area contributed by atoms with Crippen molar-refractivity contribution in [3.63, 3.8) is 0 Å². The summed E-state index contributed by atoms with van der Waals surface area (Å²) in [6, 6.07) is 6.95. The van der Waals surface area contributed by atoms with Gasteiger partial charge in [0.1, 0.15) is 0 Å². The summed E-state index contributed by atoms with van der Waals surface area (Å²) in [4.78, 5) is 6.90. The van der Waals surface area contributed by atoms with E-state index in [1.165, 1.54) is 18.4 Å². The highest BCUT2D eigenvalue weighted by Crippen LogP contribution is 2.15. The molecule has 1 aliphatic rings. The van der Waals surface area contributed by atoms with Crippen molar-refractivity contribution >= 4 is 16.0 Å².